The van der Waals surface area contributed by atoms with Gasteiger partial charge in [0.15, 0.2) is 0 Å². The van der Waals surface area contributed by atoms with E-state index in [1.54, 1.807) is 0 Å². The van der Waals surface area contributed by atoms with Crippen LogP contribution in [0.4, 0.5) is 5.69 Å². The number of hydrogen-bond acceptors (Lipinski definition) is 2. The van der Waals surface area contributed by atoms with Crippen LogP contribution in [0.1, 0.15) is 61.0 Å². The summed E-state index contributed by atoms with van der Waals surface area (Å²) >= 11 is 0. The molecule has 2 aromatic carbocycles. The zero-order chi connectivity index (χ0) is 19.2. The predicted molar refractivity (Wildman–Crippen MR) is 108 cm³/mol. The van der Waals surface area contributed by atoms with Crippen LogP contribution in [0.3, 0.4) is 0 Å². The van der Waals surface area contributed by atoms with Gasteiger partial charge in [-0.1, -0.05) is 31.0 Å². The van der Waals surface area contributed by atoms with E-state index in [4.69, 9.17) is 0 Å². The highest BCUT2D eigenvalue weighted by Gasteiger charge is 2.48. The summed E-state index contributed by atoms with van der Waals surface area (Å²) in [6.45, 7) is 5.95. The number of fused-ring (bicyclic) bond motifs is 2. The van der Waals surface area contributed by atoms with Crippen molar-refractivity contribution < 1.29 is 9.59 Å². The molecule has 1 fully saturated rings. The summed E-state index contributed by atoms with van der Waals surface area (Å²) < 4.78 is 0. The van der Waals surface area contributed by atoms with Crippen LogP contribution in [-0.2, 0) is 10.2 Å². The van der Waals surface area contributed by atoms with Crippen molar-refractivity contribution in [2.24, 2.45) is 0 Å². The fraction of sp³-hybridized carbons (Fsp3) is 0.391. The molecule has 0 atom stereocenters. The Bertz CT molecular complexity index is 924. The summed E-state index contributed by atoms with van der Waals surface area (Å²) in [5.74, 6) is 0.0829. The Morgan fingerprint density at radius 2 is 1.85 bits per heavy atom. The van der Waals surface area contributed by atoms with Gasteiger partial charge in [-0.2, -0.15) is 0 Å². The van der Waals surface area contributed by atoms with Gasteiger partial charge in [0.2, 0.25) is 5.91 Å². The van der Waals surface area contributed by atoms with Crippen molar-refractivity contribution in [2.75, 3.05) is 5.32 Å². The maximum absolute atomic E-state index is 12.7. The van der Waals surface area contributed by atoms with Crippen molar-refractivity contribution in [3.05, 3.63) is 53.1 Å². The van der Waals surface area contributed by atoms with Gasteiger partial charge in [0, 0.05) is 17.3 Å². The van der Waals surface area contributed by atoms with Gasteiger partial charge in [0.25, 0.3) is 5.91 Å². The Hall–Kier alpha value is -2.62. The molecular weight excluding hydrogens is 336 g/mol. The molecule has 0 saturated heterocycles. The van der Waals surface area contributed by atoms with Crippen molar-refractivity contribution in [3.8, 4) is 11.1 Å². The Balaban J connectivity index is 1.72. The van der Waals surface area contributed by atoms with Gasteiger partial charge in [-0.05, 0) is 74.1 Å². The first-order valence-corrected chi connectivity index (χ1v) is 9.78. The standard InChI is InChI=1S/C23H26N2O2/c1-14(2)24-21(26)17-7-6-15(3)18(12-17)16-8-9-19-20(13-16)25-22(27)23(19)10-4-5-11-23/h6-9,12-14H,4-5,10-11H2,1-3H3,(H,24,26)(H,25,27). The number of amides is 2. The Labute approximate surface area is 160 Å². The van der Waals surface area contributed by atoms with Crippen molar-refractivity contribution in [3.63, 3.8) is 0 Å². The lowest BCUT2D eigenvalue weighted by Gasteiger charge is -2.20. The van der Waals surface area contributed by atoms with Crippen molar-refractivity contribution in [1.82, 2.24) is 5.32 Å². The minimum atomic E-state index is -0.318. The van der Waals surface area contributed by atoms with E-state index in [2.05, 4.69) is 28.8 Å². The molecule has 0 unspecified atom stereocenters. The van der Waals surface area contributed by atoms with Crippen LogP contribution in [0.2, 0.25) is 0 Å². The molecule has 0 bridgehead atoms. The van der Waals surface area contributed by atoms with Gasteiger partial charge in [0.05, 0.1) is 5.41 Å². The summed E-state index contributed by atoms with van der Waals surface area (Å²) in [5.41, 5.74) is 5.56. The molecule has 2 aliphatic rings. The summed E-state index contributed by atoms with van der Waals surface area (Å²) in [6.07, 6.45) is 4.10. The molecule has 1 aliphatic carbocycles. The highest BCUT2D eigenvalue weighted by atomic mass is 16.2. The van der Waals surface area contributed by atoms with Gasteiger partial charge in [-0.15, -0.1) is 0 Å². The van der Waals surface area contributed by atoms with E-state index >= 15 is 0 Å². The molecule has 1 heterocycles. The molecule has 2 aromatic rings. The van der Waals surface area contributed by atoms with Crippen LogP contribution >= 0.6 is 0 Å². The van der Waals surface area contributed by atoms with Gasteiger partial charge < -0.3 is 10.6 Å². The predicted octanol–water partition coefficient (Wildman–Crippen LogP) is 4.56. The fourth-order valence-corrected chi connectivity index (χ4v) is 4.49. The molecule has 0 radical (unpaired) electrons. The van der Waals surface area contributed by atoms with E-state index in [0.717, 1.165) is 53.6 Å². The highest BCUT2D eigenvalue weighted by molar-refractivity contribution is 6.07. The lowest BCUT2D eigenvalue weighted by molar-refractivity contribution is -0.120. The van der Waals surface area contributed by atoms with Crippen LogP contribution in [0.25, 0.3) is 11.1 Å². The average Bonchev–Trinajstić information content (AvgIpc) is 3.21. The van der Waals surface area contributed by atoms with E-state index in [9.17, 15) is 9.59 Å². The molecule has 4 rings (SSSR count). The SMILES string of the molecule is Cc1ccc(C(=O)NC(C)C)cc1-c1ccc2c(c1)NC(=O)C21CCCC1. The number of aryl methyl sites for hydroxylation is 1. The monoisotopic (exact) mass is 362 g/mol. The topological polar surface area (TPSA) is 58.2 Å². The zero-order valence-electron chi connectivity index (χ0n) is 16.2. The van der Waals surface area contributed by atoms with Crippen LogP contribution < -0.4 is 10.6 Å². The lowest BCUT2D eigenvalue weighted by atomic mass is 9.79. The van der Waals surface area contributed by atoms with Crippen molar-refractivity contribution in [1.29, 1.82) is 0 Å². The van der Waals surface area contributed by atoms with Crippen molar-refractivity contribution >= 4 is 17.5 Å². The van der Waals surface area contributed by atoms with E-state index in [0.29, 0.717) is 5.56 Å². The average molecular weight is 362 g/mol. The maximum atomic E-state index is 12.7. The number of hydrogen-bond donors (Lipinski definition) is 2. The Morgan fingerprint density at radius 3 is 2.56 bits per heavy atom. The summed E-state index contributed by atoms with van der Waals surface area (Å²) in [5, 5.41) is 6.05. The van der Waals surface area contributed by atoms with E-state index in [1.807, 2.05) is 39.0 Å². The molecule has 4 nitrogen and oxygen atoms in total. The third kappa shape index (κ3) is 2.93. The zero-order valence-corrected chi connectivity index (χ0v) is 16.2. The largest absolute Gasteiger partial charge is 0.350 e. The number of carbonyl (C=O) groups is 2. The first-order valence-electron chi connectivity index (χ1n) is 9.78. The molecule has 1 saturated carbocycles. The molecule has 2 amide bonds. The second kappa shape index (κ2) is 6.52. The number of carbonyl (C=O) groups excluding carboxylic acids is 2. The molecule has 140 valence electrons. The van der Waals surface area contributed by atoms with Crippen molar-refractivity contribution in [2.45, 2.75) is 57.9 Å². The van der Waals surface area contributed by atoms with Gasteiger partial charge in [-0.3, -0.25) is 9.59 Å². The molecular formula is C23H26N2O2. The minimum absolute atomic E-state index is 0.0642. The smallest absolute Gasteiger partial charge is 0.251 e. The summed E-state index contributed by atoms with van der Waals surface area (Å²) in [4.78, 5) is 25.0. The van der Waals surface area contributed by atoms with Gasteiger partial charge in [-0.25, -0.2) is 0 Å². The highest BCUT2D eigenvalue weighted by Crippen LogP contribution is 2.49. The third-order valence-corrected chi connectivity index (χ3v) is 5.91. The Kier molecular flexibility index (Phi) is 4.29. The summed E-state index contributed by atoms with van der Waals surface area (Å²) in [6, 6.07) is 12.1. The second-order valence-electron chi connectivity index (χ2n) is 8.16. The molecule has 2 N–H and O–H groups in total. The minimum Gasteiger partial charge on any atom is -0.350 e. The fourth-order valence-electron chi connectivity index (χ4n) is 4.49. The van der Waals surface area contributed by atoms with Crippen LogP contribution in [-0.4, -0.2) is 17.9 Å². The number of anilines is 1. The quantitative estimate of drug-likeness (QED) is 0.841. The van der Waals surface area contributed by atoms with Crippen LogP contribution in [0.5, 0.6) is 0 Å². The molecule has 1 aliphatic heterocycles. The number of benzene rings is 2. The lowest BCUT2D eigenvalue weighted by Crippen LogP contribution is -2.30. The molecule has 0 aromatic heterocycles. The van der Waals surface area contributed by atoms with Crippen LogP contribution in [0.15, 0.2) is 36.4 Å². The van der Waals surface area contributed by atoms with Gasteiger partial charge in [0.1, 0.15) is 0 Å². The molecule has 27 heavy (non-hydrogen) atoms. The maximum Gasteiger partial charge on any atom is 0.251 e. The molecule has 1 spiro atoms. The number of rotatable bonds is 3. The van der Waals surface area contributed by atoms with Gasteiger partial charge >= 0.3 is 0 Å². The first-order chi connectivity index (χ1) is 12.9. The van der Waals surface area contributed by atoms with Crippen LogP contribution in [0, 0.1) is 6.92 Å². The third-order valence-electron chi connectivity index (χ3n) is 5.91. The van der Waals surface area contributed by atoms with E-state index < -0.39 is 0 Å². The number of nitrogens with one attached hydrogen (secondary N) is 2. The summed E-state index contributed by atoms with van der Waals surface area (Å²) in [7, 11) is 0. The van der Waals surface area contributed by atoms with E-state index in [1.165, 1.54) is 0 Å². The van der Waals surface area contributed by atoms with E-state index in [-0.39, 0.29) is 23.3 Å². The molecule has 4 heteroatoms. The second-order valence-corrected chi connectivity index (χ2v) is 8.16. The Morgan fingerprint density at radius 1 is 1.11 bits per heavy atom. The normalized spacial score (nSPS) is 17.3. The first kappa shape index (κ1) is 17.8.